The molecule has 0 saturated carbocycles. The number of methoxy groups -OCH3 is 2. The van der Waals surface area contributed by atoms with Gasteiger partial charge in [-0.2, -0.15) is 5.10 Å². The third kappa shape index (κ3) is 6.26. The van der Waals surface area contributed by atoms with Gasteiger partial charge in [-0.3, -0.25) is 4.79 Å². The van der Waals surface area contributed by atoms with Crippen LogP contribution in [0.25, 0.3) is 16.9 Å². The number of ether oxygens (including phenoxy) is 2. The summed E-state index contributed by atoms with van der Waals surface area (Å²) in [4.78, 5) is 27.3. The van der Waals surface area contributed by atoms with Crippen molar-refractivity contribution in [3.63, 3.8) is 0 Å². The lowest BCUT2D eigenvalue weighted by atomic mass is 10.1. The number of anilines is 2. The number of benzene rings is 3. The maximum atomic E-state index is 13.0. The summed E-state index contributed by atoms with van der Waals surface area (Å²) in [5.41, 5.74) is 2.98. The van der Waals surface area contributed by atoms with Gasteiger partial charge < -0.3 is 25.0 Å². The predicted molar refractivity (Wildman–Crippen MR) is 143 cm³/mol. The Hall–Kier alpha value is -4.79. The van der Waals surface area contributed by atoms with Crippen LogP contribution in [0.3, 0.4) is 0 Å². The van der Waals surface area contributed by atoms with Crippen LogP contribution in [0.2, 0.25) is 0 Å². The third-order valence-corrected chi connectivity index (χ3v) is 5.71. The van der Waals surface area contributed by atoms with Crippen molar-refractivity contribution in [3.05, 3.63) is 84.9 Å². The number of carbonyl (C=O) groups excluding carboxylic acids is 2. The van der Waals surface area contributed by atoms with E-state index in [0.29, 0.717) is 35.2 Å². The fourth-order valence-corrected chi connectivity index (χ4v) is 3.70. The molecule has 0 radical (unpaired) electrons. The van der Waals surface area contributed by atoms with Crippen LogP contribution in [0, 0.1) is 0 Å². The van der Waals surface area contributed by atoms with E-state index in [4.69, 9.17) is 14.6 Å². The van der Waals surface area contributed by atoms with E-state index in [2.05, 4.69) is 10.6 Å². The Bertz CT molecular complexity index is 1340. The first-order valence-electron chi connectivity index (χ1n) is 11.8. The fourth-order valence-electron chi connectivity index (χ4n) is 3.70. The summed E-state index contributed by atoms with van der Waals surface area (Å²) < 4.78 is 12.1. The van der Waals surface area contributed by atoms with E-state index >= 15 is 0 Å². The molecule has 0 bridgehead atoms. The van der Waals surface area contributed by atoms with Crippen LogP contribution in [0.4, 0.5) is 16.3 Å². The number of likely N-dealkylation sites (N-methyl/N-ethyl adjacent to an activating group) is 1. The summed E-state index contributed by atoms with van der Waals surface area (Å²) in [5, 5.41) is 10.4. The highest BCUT2D eigenvalue weighted by atomic mass is 16.5. The van der Waals surface area contributed by atoms with Crippen molar-refractivity contribution in [3.8, 4) is 28.4 Å². The average Bonchev–Trinajstić information content (AvgIpc) is 3.36. The molecule has 9 nitrogen and oxygen atoms in total. The van der Waals surface area contributed by atoms with Crippen molar-refractivity contribution in [1.82, 2.24) is 14.7 Å². The molecule has 0 aliphatic carbocycles. The van der Waals surface area contributed by atoms with Crippen molar-refractivity contribution >= 4 is 23.4 Å². The Balaban J connectivity index is 1.52. The lowest BCUT2D eigenvalue weighted by Crippen LogP contribution is -2.40. The third-order valence-electron chi connectivity index (χ3n) is 5.71. The lowest BCUT2D eigenvalue weighted by molar-refractivity contribution is -0.116. The van der Waals surface area contributed by atoms with Crippen molar-refractivity contribution in [2.24, 2.45) is 0 Å². The van der Waals surface area contributed by atoms with Gasteiger partial charge in [-0.15, -0.1) is 0 Å². The van der Waals surface area contributed by atoms with Gasteiger partial charge in [-0.25, -0.2) is 9.48 Å². The van der Waals surface area contributed by atoms with Gasteiger partial charge in [0.2, 0.25) is 5.91 Å². The summed E-state index contributed by atoms with van der Waals surface area (Å²) in [6.07, 6.45) is 0. The Morgan fingerprint density at radius 1 is 0.865 bits per heavy atom. The quantitative estimate of drug-likeness (QED) is 0.336. The molecule has 0 atom stereocenters. The van der Waals surface area contributed by atoms with Gasteiger partial charge >= 0.3 is 6.03 Å². The number of aromatic nitrogens is 2. The predicted octanol–water partition coefficient (Wildman–Crippen LogP) is 5.05. The molecule has 190 valence electrons. The summed E-state index contributed by atoms with van der Waals surface area (Å²) in [6.45, 7) is 2.03. The van der Waals surface area contributed by atoms with E-state index in [9.17, 15) is 9.59 Å². The van der Waals surface area contributed by atoms with Gasteiger partial charge in [0.05, 0.1) is 25.6 Å². The Labute approximate surface area is 215 Å². The minimum Gasteiger partial charge on any atom is -0.497 e. The van der Waals surface area contributed by atoms with Gasteiger partial charge in [0.25, 0.3) is 0 Å². The minimum absolute atomic E-state index is 0.132. The van der Waals surface area contributed by atoms with Crippen LogP contribution in [-0.4, -0.2) is 53.9 Å². The SMILES string of the molecule is CCN(CC(=O)Nc1cc(-c2ccccc2)nn1-c1ccc(OC)cc1)C(=O)Nc1ccc(OC)cc1. The Kier molecular flexibility index (Phi) is 8.05. The summed E-state index contributed by atoms with van der Waals surface area (Å²) in [7, 11) is 3.18. The van der Waals surface area contributed by atoms with Crippen LogP contribution in [-0.2, 0) is 4.79 Å². The van der Waals surface area contributed by atoms with E-state index < -0.39 is 0 Å². The number of hydrogen-bond donors (Lipinski definition) is 2. The first-order chi connectivity index (χ1) is 18.0. The Morgan fingerprint density at radius 2 is 1.49 bits per heavy atom. The van der Waals surface area contributed by atoms with Gasteiger partial charge in [-0.05, 0) is 55.5 Å². The molecule has 0 spiro atoms. The van der Waals surface area contributed by atoms with E-state index in [1.807, 2.05) is 67.6 Å². The van der Waals surface area contributed by atoms with Crippen molar-refractivity contribution in [1.29, 1.82) is 0 Å². The molecular weight excluding hydrogens is 470 g/mol. The molecule has 1 heterocycles. The highest BCUT2D eigenvalue weighted by molar-refractivity contribution is 5.97. The molecule has 9 heteroatoms. The largest absolute Gasteiger partial charge is 0.497 e. The molecule has 0 unspecified atom stereocenters. The van der Waals surface area contributed by atoms with Gasteiger partial charge in [-0.1, -0.05) is 30.3 Å². The van der Waals surface area contributed by atoms with Crippen LogP contribution in [0.5, 0.6) is 11.5 Å². The number of rotatable bonds is 9. The smallest absolute Gasteiger partial charge is 0.322 e. The number of hydrogen-bond acceptors (Lipinski definition) is 5. The Morgan fingerprint density at radius 3 is 2.08 bits per heavy atom. The van der Waals surface area contributed by atoms with E-state index in [1.54, 1.807) is 43.2 Å². The number of urea groups is 1. The normalized spacial score (nSPS) is 10.5. The van der Waals surface area contributed by atoms with Gasteiger partial charge in [0.15, 0.2) is 0 Å². The molecule has 1 aromatic heterocycles. The maximum absolute atomic E-state index is 13.0. The molecule has 0 fully saturated rings. The molecule has 3 aromatic carbocycles. The van der Waals surface area contributed by atoms with E-state index in [0.717, 1.165) is 11.3 Å². The highest BCUT2D eigenvalue weighted by Gasteiger charge is 2.19. The van der Waals surface area contributed by atoms with Crippen molar-refractivity contribution in [2.45, 2.75) is 6.92 Å². The monoisotopic (exact) mass is 499 g/mol. The highest BCUT2D eigenvalue weighted by Crippen LogP contribution is 2.26. The second kappa shape index (κ2) is 11.8. The number of nitrogens with zero attached hydrogens (tertiary/aromatic N) is 3. The van der Waals surface area contributed by atoms with E-state index in [-0.39, 0.29) is 18.5 Å². The zero-order chi connectivity index (χ0) is 26.2. The molecule has 37 heavy (non-hydrogen) atoms. The van der Waals surface area contributed by atoms with Gasteiger partial charge in [0, 0.05) is 23.9 Å². The van der Waals surface area contributed by atoms with Crippen molar-refractivity contribution in [2.75, 3.05) is 37.9 Å². The summed E-state index contributed by atoms with van der Waals surface area (Å²) >= 11 is 0. The van der Waals surface area contributed by atoms with Crippen LogP contribution < -0.4 is 20.1 Å². The first kappa shape index (κ1) is 25.3. The van der Waals surface area contributed by atoms with Crippen LogP contribution in [0.1, 0.15) is 6.92 Å². The van der Waals surface area contributed by atoms with Crippen molar-refractivity contribution < 1.29 is 19.1 Å². The molecule has 0 saturated heterocycles. The zero-order valence-corrected chi connectivity index (χ0v) is 21.0. The second-order valence-electron chi connectivity index (χ2n) is 8.11. The zero-order valence-electron chi connectivity index (χ0n) is 21.0. The molecule has 2 N–H and O–H groups in total. The standard InChI is InChI=1S/C28H29N5O4/c1-4-32(28(35)29-21-10-14-23(36-2)15-11-21)19-27(34)30-26-18-25(20-8-6-5-7-9-20)31-33(26)22-12-16-24(37-3)17-13-22/h5-18H,4,19H2,1-3H3,(H,29,35)(H,30,34). The van der Waals surface area contributed by atoms with E-state index in [1.165, 1.54) is 4.90 Å². The minimum atomic E-state index is -0.378. The summed E-state index contributed by atoms with van der Waals surface area (Å²) in [6, 6.07) is 25.5. The van der Waals surface area contributed by atoms with Crippen LogP contribution >= 0.6 is 0 Å². The lowest BCUT2D eigenvalue weighted by Gasteiger charge is -2.21. The fraction of sp³-hybridized carbons (Fsp3) is 0.179. The number of amides is 3. The maximum Gasteiger partial charge on any atom is 0.322 e. The number of carbonyl (C=O) groups is 2. The topological polar surface area (TPSA) is 97.7 Å². The molecule has 4 aromatic rings. The molecule has 3 amide bonds. The average molecular weight is 500 g/mol. The summed E-state index contributed by atoms with van der Waals surface area (Å²) in [5.74, 6) is 1.54. The van der Waals surface area contributed by atoms with Crippen LogP contribution in [0.15, 0.2) is 84.9 Å². The molecule has 0 aliphatic rings. The first-order valence-corrected chi connectivity index (χ1v) is 11.8. The molecular formula is C28H29N5O4. The van der Waals surface area contributed by atoms with Gasteiger partial charge in [0.1, 0.15) is 23.9 Å². The second-order valence-corrected chi connectivity index (χ2v) is 8.11. The molecule has 4 rings (SSSR count). The molecule has 0 aliphatic heterocycles. The number of nitrogens with one attached hydrogen (secondary N) is 2.